The number of rotatable bonds is 4. The van der Waals surface area contributed by atoms with Crippen molar-refractivity contribution in [3.8, 4) is 5.75 Å². The molecule has 1 aromatic heterocycles. The van der Waals surface area contributed by atoms with Crippen LogP contribution in [0, 0.1) is 6.92 Å². The van der Waals surface area contributed by atoms with Gasteiger partial charge in [0.15, 0.2) is 0 Å². The number of hydrogen-bond donors (Lipinski definition) is 1. The van der Waals surface area contributed by atoms with Crippen molar-refractivity contribution in [3.05, 3.63) is 41.7 Å². The molecule has 17 heavy (non-hydrogen) atoms. The number of benzene rings is 1. The molecule has 0 aliphatic carbocycles. The van der Waals surface area contributed by atoms with E-state index in [1.165, 1.54) is 5.56 Å². The van der Waals surface area contributed by atoms with E-state index in [1.54, 1.807) is 7.11 Å². The zero-order valence-corrected chi connectivity index (χ0v) is 10.4. The van der Waals surface area contributed by atoms with Crippen LogP contribution in [0.15, 0.2) is 30.5 Å². The highest BCUT2D eigenvalue weighted by Gasteiger charge is 2.02. The molecule has 0 saturated carbocycles. The first-order valence-corrected chi connectivity index (χ1v) is 5.56. The summed E-state index contributed by atoms with van der Waals surface area (Å²) in [5.41, 5.74) is 3.30. The fourth-order valence-corrected chi connectivity index (χ4v) is 1.71. The molecule has 4 nitrogen and oxygen atoms in total. The van der Waals surface area contributed by atoms with Crippen LogP contribution in [0.25, 0.3) is 0 Å². The van der Waals surface area contributed by atoms with Gasteiger partial charge < -0.3 is 10.1 Å². The lowest BCUT2D eigenvalue weighted by Gasteiger charge is -2.05. The monoisotopic (exact) mass is 231 g/mol. The van der Waals surface area contributed by atoms with Crippen LogP contribution in [-0.2, 0) is 13.6 Å². The van der Waals surface area contributed by atoms with E-state index in [0.29, 0.717) is 0 Å². The summed E-state index contributed by atoms with van der Waals surface area (Å²) in [6.45, 7) is 2.78. The molecule has 0 saturated heterocycles. The van der Waals surface area contributed by atoms with Crippen LogP contribution in [0.4, 0.5) is 5.69 Å². The molecule has 0 bridgehead atoms. The van der Waals surface area contributed by atoms with E-state index in [2.05, 4.69) is 22.5 Å². The second-order valence-corrected chi connectivity index (χ2v) is 4.00. The Hall–Kier alpha value is -1.97. The lowest BCUT2D eigenvalue weighted by Crippen LogP contribution is -1.99. The van der Waals surface area contributed by atoms with Crippen LogP contribution in [0.1, 0.15) is 11.3 Å². The van der Waals surface area contributed by atoms with Gasteiger partial charge in [-0.1, -0.05) is 12.1 Å². The van der Waals surface area contributed by atoms with Crippen LogP contribution in [-0.4, -0.2) is 16.9 Å². The first-order valence-electron chi connectivity index (χ1n) is 5.56. The summed E-state index contributed by atoms with van der Waals surface area (Å²) < 4.78 is 6.93. The van der Waals surface area contributed by atoms with Crippen molar-refractivity contribution >= 4 is 5.69 Å². The van der Waals surface area contributed by atoms with Crippen LogP contribution >= 0.6 is 0 Å². The van der Waals surface area contributed by atoms with Gasteiger partial charge in [0.1, 0.15) is 5.75 Å². The molecule has 1 aromatic carbocycles. The predicted octanol–water partition coefficient (Wildman–Crippen LogP) is 2.35. The third kappa shape index (κ3) is 2.78. The molecular formula is C13H17N3O. The van der Waals surface area contributed by atoms with Gasteiger partial charge in [-0.25, -0.2) is 0 Å². The largest absolute Gasteiger partial charge is 0.497 e. The maximum atomic E-state index is 5.12. The molecule has 0 atom stereocenters. The summed E-state index contributed by atoms with van der Waals surface area (Å²) >= 11 is 0. The highest BCUT2D eigenvalue weighted by atomic mass is 16.5. The standard InChI is InChI=1S/C13H17N3O/c1-10-13(9-16(2)15-10)14-8-11-4-6-12(17-3)7-5-11/h4-7,9,14H,8H2,1-3H3. The fraction of sp³-hybridized carbons (Fsp3) is 0.308. The molecule has 0 aliphatic rings. The van der Waals surface area contributed by atoms with E-state index < -0.39 is 0 Å². The van der Waals surface area contributed by atoms with Crippen LogP contribution in [0.3, 0.4) is 0 Å². The molecule has 0 radical (unpaired) electrons. The number of ether oxygens (including phenoxy) is 1. The van der Waals surface area contributed by atoms with Crippen molar-refractivity contribution in [2.24, 2.45) is 7.05 Å². The number of anilines is 1. The molecule has 0 spiro atoms. The van der Waals surface area contributed by atoms with E-state index in [9.17, 15) is 0 Å². The number of nitrogens with one attached hydrogen (secondary N) is 1. The number of aromatic nitrogens is 2. The highest BCUT2D eigenvalue weighted by Crippen LogP contribution is 2.15. The van der Waals surface area contributed by atoms with Crippen LogP contribution in [0.2, 0.25) is 0 Å². The van der Waals surface area contributed by atoms with Crippen molar-refractivity contribution in [1.82, 2.24) is 9.78 Å². The Labute approximate surface area is 101 Å². The third-order valence-corrected chi connectivity index (χ3v) is 2.66. The van der Waals surface area contributed by atoms with Gasteiger partial charge in [-0.2, -0.15) is 5.10 Å². The average Bonchev–Trinajstić information content (AvgIpc) is 2.66. The Balaban J connectivity index is 1.99. The molecule has 1 N–H and O–H groups in total. The first-order chi connectivity index (χ1) is 8.19. The first kappa shape index (κ1) is 11.5. The molecule has 0 fully saturated rings. The Kier molecular flexibility index (Phi) is 3.32. The Morgan fingerprint density at radius 3 is 2.53 bits per heavy atom. The fourth-order valence-electron chi connectivity index (χ4n) is 1.71. The van der Waals surface area contributed by atoms with Gasteiger partial charge in [-0.15, -0.1) is 0 Å². The molecule has 1 heterocycles. The average molecular weight is 231 g/mol. The minimum Gasteiger partial charge on any atom is -0.497 e. The van der Waals surface area contributed by atoms with Gasteiger partial charge in [0.2, 0.25) is 0 Å². The minimum atomic E-state index is 0.788. The number of aryl methyl sites for hydroxylation is 2. The summed E-state index contributed by atoms with van der Waals surface area (Å²) in [7, 11) is 3.60. The van der Waals surface area contributed by atoms with E-state index in [-0.39, 0.29) is 0 Å². The van der Waals surface area contributed by atoms with Crippen molar-refractivity contribution in [3.63, 3.8) is 0 Å². The lowest BCUT2D eigenvalue weighted by molar-refractivity contribution is 0.414. The quantitative estimate of drug-likeness (QED) is 0.878. The van der Waals surface area contributed by atoms with E-state index >= 15 is 0 Å². The smallest absolute Gasteiger partial charge is 0.118 e. The van der Waals surface area contributed by atoms with Gasteiger partial charge in [0.05, 0.1) is 18.5 Å². The Morgan fingerprint density at radius 2 is 2.00 bits per heavy atom. The van der Waals surface area contributed by atoms with E-state index in [1.807, 2.05) is 37.0 Å². The zero-order valence-electron chi connectivity index (χ0n) is 10.4. The summed E-state index contributed by atoms with van der Waals surface area (Å²) in [6, 6.07) is 8.04. The number of hydrogen-bond acceptors (Lipinski definition) is 3. The predicted molar refractivity (Wildman–Crippen MR) is 68.3 cm³/mol. The number of methoxy groups -OCH3 is 1. The normalized spacial score (nSPS) is 10.3. The zero-order chi connectivity index (χ0) is 12.3. The molecule has 90 valence electrons. The van der Waals surface area contributed by atoms with Gasteiger partial charge in [-0.05, 0) is 24.6 Å². The van der Waals surface area contributed by atoms with E-state index in [4.69, 9.17) is 4.74 Å². The van der Waals surface area contributed by atoms with Crippen LogP contribution in [0.5, 0.6) is 5.75 Å². The summed E-state index contributed by atoms with van der Waals surface area (Å²) in [4.78, 5) is 0. The topological polar surface area (TPSA) is 39.1 Å². The summed E-state index contributed by atoms with van der Waals surface area (Å²) in [5.74, 6) is 0.881. The van der Waals surface area contributed by atoms with Gasteiger partial charge in [0.25, 0.3) is 0 Å². The molecule has 2 aromatic rings. The SMILES string of the molecule is COc1ccc(CNc2cn(C)nc2C)cc1. The molecule has 0 aliphatic heterocycles. The molecular weight excluding hydrogens is 214 g/mol. The molecule has 4 heteroatoms. The molecule has 0 amide bonds. The minimum absolute atomic E-state index is 0.788. The van der Waals surface area contributed by atoms with Crippen molar-refractivity contribution < 1.29 is 4.74 Å². The van der Waals surface area contributed by atoms with Crippen molar-refractivity contribution in [2.45, 2.75) is 13.5 Å². The van der Waals surface area contributed by atoms with E-state index in [0.717, 1.165) is 23.7 Å². The highest BCUT2D eigenvalue weighted by molar-refractivity contribution is 5.46. The van der Waals surface area contributed by atoms with Gasteiger partial charge in [-0.3, -0.25) is 4.68 Å². The number of nitrogens with zero attached hydrogens (tertiary/aromatic N) is 2. The van der Waals surface area contributed by atoms with Crippen molar-refractivity contribution in [2.75, 3.05) is 12.4 Å². The van der Waals surface area contributed by atoms with Crippen LogP contribution < -0.4 is 10.1 Å². The summed E-state index contributed by atoms with van der Waals surface area (Å²) in [6.07, 6.45) is 1.98. The van der Waals surface area contributed by atoms with Gasteiger partial charge in [0, 0.05) is 19.8 Å². The maximum Gasteiger partial charge on any atom is 0.118 e. The van der Waals surface area contributed by atoms with Crippen molar-refractivity contribution in [1.29, 1.82) is 0 Å². The Bertz CT molecular complexity index is 488. The lowest BCUT2D eigenvalue weighted by atomic mass is 10.2. The Morgan fingerprint density at radius 1 is 1.29 bits per heavy atom. The molecule has 0 unspecified atom stereocenters. The third-order valence-electron chi connectivity index (χ3n) is 2.66. The molecule has 2 rings (SSSR count). The second kappa shape index (κ2) is 4.91. The van der Waals surface area contributed by atoms with Gasteiger partial charge >= 0.3 is 0 Å². The summed E-state index contributed by atoms with van der Waals surface area (Å²) in [5, 5.41) is 7.65. The maximum absolute atomic E-state index is 5.12. The second-order valence-electron chi connectivity index (χ2n) is 4.00.